The fraction of sp³-hybridized carbons (Fsp3) is 0.857. The maximum atomic E-state index is 3.46. The first-order chi connectivity index (χ1) is 7.41. The van der Waals surface area contributed by atoms with Gasteiger partial charge in [0.1, 0.15) is 0 Å². The van der Waals surface area contributed by atoms with Gasteiger partial charge in [0, 0.05) is 18.2 Å². The van der Waals surface area contributed by atoms with Crippen molar-refractivity contribution in [2.75, 3.05) is 5.33 Å². The van der Waals surface area contributed by atoms with Crippen LogP contribution in [0.15, 0.2) is 0 Å². The van der Waals surface area contributed by atoms with Gasteiger partial charge in [0.25, 0.3) is 0 Å². The summed E-state index contributed by atoms with van der Waals surface area (Å²) in [6, 6.07) is 0. The predicted octanol–water partition coefficient (Wildman–Crippen LogP) is 5.31. The van der Waals surface area contributed by atoms with Crippen molar-refractivity contribution in [2.45, 2.75) is 71.1 Å². The topological polar surface area (TPSA) is 0 Å². The normalized spacial score (nSPS) is 9.73. The second kappa shape index (κ2) is 14.0. The largest absolute Gasteiger partial charge is 0.104 e. The molecule has 0 heterocycles. The van der Waals surface area contributed by atoms with Crippen LogP contribution in [0.5, 0.6) is 0 Å². The molecule has 0 aliphatic carbocycles. The van der Waals surface area contributed by atoms with E-state index in [-0.39, 0.29) is 0 Å². The lowest BCUT2D eigenvalue weighted by Gasteiger charge is -1.99. The van der Waals surface area contributed by atoms with Crippen LogP contribution in [0.1, 0.15) is 71.1 Å². The molecule has 0 radical (unpaired) electrons. The fourth-order valence-electron chi connectivity index (χ4n) is 1.58. The third-order valence-corrected chi connectivity index (χ3v) is 3.05. The van der Waals surface area contributed by atoms with Gasteiger partial charge in [0.2, 0.25) is 0 Å². The van der Waals surface area contributed by atoms with E-state index in [0.29, 0.717) is 0 Å². The highest BCUT2D eigenvalue weighted by atomic mass is 79.9. The zero-order valence-corrected chi connectivity index (χ0v) is 11.7. The van der Waals surface area contributed by atoms with Crippen LogP contribution in [0.4, 0.5) is 0 Å². The smallest absolute Gasteiger partial charge is 0.00886 e. The minimum Gasteiger partial charge on any atom is -0.104 e. The van der Waals surface area contributed by atoms with E-state index in [1.165, 1.54) is 56.7 Å². The highest BCUT2D eigenvalue weighted by Gasteiger charge is 1.91. The van der Waals surface area contributed by atoms with E-state index in [9.17, 15) is 0 Å². The van der Waals surface area contributed by atoms with Crippen molar-refractivity contribution < 1.29 is 0 Å². The van der Waals surface area contributed by atoms with E-state index < -0.39 is 0 Å². The molecule has 0 aliphatic heterocycles. The van der Waals surface area contributed by atoms with Gasteiger partial charge in [-0.15, -0.1) is 11.8 Å². The molecule has 0 aromatic carbocycles. The number of halogens is 1. The minimum absolute atomic E-state index is 1.01. The lowest BCUT2D eigenvalue weighted by molar-refractivity contribution is 0.580. The fourth-order valence-corrected chi connectivity index (χ4v) is 1.98. The van der Waals surface area contributed by atoms with Crippen LogP contribution in [0.3, 0.4) is 0 Å². The standard InChI is InChI=1S/C14H25Br/c1-2-3-4-5-6-7-8-9-10-11-12-13-14-15/h2,5-14H2,1H3. The maximum absolute atomic E-state index is 3.46. The molecule has 0 aromatic rings. The molecule has 0 spiro atoms. The highest BCUT2D eigenvalue weighted by molar-refractivity contribution is 9.09. The molecule has 1 heteroatoms. The van der Waals surface area contributed by atoms with E-state index >= 15 is 0 Å². The molecular weight excluding hydrogens is 248 g/mol. The molecule has 0 saturated carbocycles. The van der Waals surface area contributed by atoms with E-state index in [0.717, 1.165) is 12.8 Å². The monoisotopic (exact) mass is 272 g/mol. The molecule has 0 nitrogen and oxygen atoms in total. The summed E-state index contributed by atoms with van der Waals surface area (Å²) in [7, 11) is 0. The highest BCUT2D eigenvalue weighted by Crippen LogP contribution is 2.09. The Morgan fingerprint density at radius 1 is 0.733 bits per heavy atom. The Labute approximate surface area is 104 Å². The van der Waals surface area contributed by atoms with Crippen molar-refractivity contribution in [3.8, 4) is 11.8 Å². The summed E-state index contributed by atoms with van der Waals surface area (Å²) in [5.74, 6) is 6.32. The van der Waals surface area contributed by atoms with Gasteiger partial charge in [-0.2, -0.15) is 0 Å². The molecule has 0 atom stereocenters. The summed E-state index contributed by atoms with van der Waals surface area (Å²) < 4.78 is 0. The average Bonchev–Trinajstić information content (AvgIpc) is 2.26. The molecule has 0 N–H and O–H groups in total. The molecule has 0 fully saturated rings. The van der Waals surface area contributed by atoms with E-state index in [4.69, 9.17) is 0 Å². The van der Waals surface area contributed by atoms with Gasteiger partial charge in [0.05, 0.1) is 0 Å². The van der Waals surface area contributed by atoms with Crippen molar-refractivity contribution in [1.29, 1.82) is 0 Å². The quantitative estimate of drug-likeness (QED) is 0.303. The Bertz CT molecular complexity index is 164. The summed E-state index contributed by atoms with van der Waals surface area (Å²) in [5, 5.41) is 1.17. The molecule has 0 bridgehead atoms. The molecule has 0 amide bonds. The second-order valence-corrected chi connectivity index (χ2v) is 4.77. The third kappa shape index (κ3) is 14.0. The van der Waals surface area contributed by atoms with E-state index in [2.05, 4.69) is 34.7 Å². The van der Waals surface area contributed by atoms with Gasteiger partial charge in [-0.3, -0.25) is 0 Å². The van der Waals surface area contributed by atoms with Gasteiger partial charge in [-0.05, 0) is 12.8 Å². The van der Waals surface area contributed by atoms with Crippen molar-refractivity contribution in [1.82, 2.24) is 0 Å². The van der Waals surface area contributed by atoms with Gasteiger partial charge in [0.15, 0.2) is 0 Å². The number of rotatable bonds is 9. The number of hydrogen-bond donors (Lipinski definition) is 0. The summed E-state index contributed by atoms with van der Waals surface area (Å²) in [6.07, 6.45) is 13.2. The SMILES string of the molecule is CCC#CCCCCCCCCCCBr. The first kappa shape index (κ1) is 15.0. The van der Waals surface area contributed by atoms with Gasteiger partial charge in [-0.25, -0.2) is 0 Å². The van der Waals surface area contributed by atoms with Crippen LogP contribution < -0.4 is 0 Å². The molecule has 88 valence electrons. The Hall–Kier alpha value is 0.0400. The number of alkyl halides is 1. The Morgan fingerprint density at radius 3 is 1.80 bits per heavy atom. The molecule has 0 rings (SSSR count). The number of unbranched alkanes of at least 4 members (excludes halogenated alkanes) is 8. The van der Waals surface area contributed by atoms with Crippen LogP contribution >= 0.6 is 15.9 Å². The van der Waals surface area contributed by atoms with Gasteiger partial charge >= 0.3 is 0 Å². The first-order valence-corrected chi connectivity index (χ1v) is 7.55. The van der Waals surface area contributed by atoms with Crippen LogP contribution in [-0.4, -0.2) is 5.33 Å². The summed E-state index contributed by atoms with van der Waals surface area (Å²) in [4.78, 5) is 0. The molecular formula is C14H25Br. The molecule has 0 saturated heterocycles. The first-order valence-electron chi connectivity index (χ1n) is 6.43. The Balaban J connectivity index is 2.92. The zero-order chi connectivity index (χ0) is 11.2. The number of hydrogen-bond acceptors (Lipinski definition) is 0. The maximum Gasteiger partial charge on any atom is 0.00886 e. The summed E-state index contributed by atoms with van der Waals surface area (Å²) in [6.45, 7) is 2.11. The van der Waals surface area contributed by atoms with Crippen LogP contribution in [0.2, 0.25) is 0 Å². The van der Waals surface area contributed by atoms with E-state index in [1.807, 2.05) is 0 Å². The molecule has 15 heavy (non-hydrogen) atoms. The van der Waals surface area contributed by atoms with Crippen LogP contribution in [-0.2, 0) is 0 Å². The predicted molar refractivity (Wildman–Crippen MR) is 73.4 cm³/mol. The van der Waals surface area contributed by atoms with Crippen molar-refractivity contribution in [3.05, 3.63) is 0 Å². The Morgan fingerprint density at radius 2 is 1.27 bits per heavy atom. The minimum atomic E-state index is 1.01. The molecule has 0 aromatic heterocycles. The lowest BCUT2D eigenvalue weighted by atomic mass is 10.1. The van der Waals surface area contributed by atoms with E-state index in [1.54, 1.807) is 0 Å². The third-order valence-electron chi connectivity index (χ3n) is 2.49. The van der Waals surface area contributed by atoms with Crippen LogP contribution in [0.25, 0.3) is 0 Å². The lowest BCUT2D eigenvalue weighted by Crippen LogP contribution is -1.81. The summed E-state index contributed by atoms with van der Waals surface area (Å²) >= 11 is 3.46. The van der Waals surface area contributed by atoms with Gasteiger partial charge < -0.3 is 0 Å². The molecule has 0 aliphatic rings. The van der Waals surface area contributed by atoms with Crippen molar-refractivity contribution in [3.63, 3.8) is 0 Å². The second-order valence-electron chi connectivity index (χ2n) is 3.97. The molecule has 0 unspecified atom stereocenters. The average molecular weight is 273 g/mol. The zero-order valence-electron chi connectivity index (χ0n) is 10.2. The van der Waals surface area contributed by atoms with Gasteiger partial charge in [-0.1, -0.05) is 61.4 Å². The van der Waals surface area contributed by atoms with Crippen LogP contribution in [0, 0.1) is 11.8 Å². The van der Waals surface area contributed by atoms with Crippen molar-refractivity contribution >= 4 is 15.9 Å². The Kier molecular flexibility index (Phi) is 14.1. The van der Waals surface area contributed by atoms with Crippen molar-refractivity contribution in [2.24, 2.45) is 0 Å². The summed E-state index contributed by atoms with van der Waals surface area (Å²) in [5.41, 5.74) is 0.